The van der Waals surface area contributed by atoms with Crippen LogP contribution in [0.25, 0.3) is 0 Å². The molecule has 0 saturated carbocycles. The average Bonchev–Trinajstić information content (AvgIpc) is 0.767. The van der Waals surface area contributed by atoms with Gasteiger partial charge in [0, 0.05) is 27.7 Å². The topological polar surface area (TPSA) is 680 Å². The van der Waals surface area contributed by atoms with Crippen LogP contribution in [0.15, 0.2) is 0 Å². The highest BCUT2D eigenvalue weighted by atomic mass is 16.8. The smallest absolute Gasteiger partial charge is 0.217 e. The van der Waals surface area contributed by atoms with E-state index in [1.165, 1.54) is 0 Å². The molecule has 0 unspecified atom stereocenters. The molecule has 0 aromatic heterocycles. The highest BCUT2D eigenvalue weighted by Crippen LogP contribution is 2.39. The lowest BCUT2D eigenvalue weighted by Crippen LogP contribution is -2.71. The third-order valence-corrected chi connectivity index (χ3v) is 17.9. The lowest BCUT2D eigenvalue weighted by molar-refractivity contribution is -0.405. The van der Waals surface area contributed by atoms with Crippen LogP contribution in [0.5, 0.6) is 0 Å². The molecule has 0 aliphatic carbocycles. The Labute approximate surface area is 561 Å². The van der Waals surface area contributed by atoms with Crippen molar-refractivity contribution in [2.75, 3.05) is 52.9 Å². The summed E-state index contributed by atoms with van der Waals surface area (Å²) in [5, 5.41) is 241. The maximum absolute atomic E-state index is 13.0. The second-order valence-electron chi connectivity index (χ2n) is 24.9. The van der Waals surface area contributed by atoms with Crippen molar-refractivity contribution in [3.8, 4) is 0 Å². The summed E-state index contributed by atoms with van der Waals surface area (Å²) in [6.45, 7) is -4.21. The molecule has 8 saturated heterocycles. The van der Waals surface area contributed by atoms with E-state index >= 15 is 0 Å². The van der Waals surface area contributed by atoms with Crippen LogP contribution >= 0.6 is 0 Å². The van der Waals surface area contributed by atoms with Crippen LogP contribution < -0.4 is 21.3 Å². The van der Waals surface area contributed by atoms with Gasteiger partial charge in [0.2, 0.25) is 23.6 Å². The van der Waals surface area contributed by atoms with E-state index in [1.54, 1.807) is 0 Å². The van der Waals surface area contributed by atoms with Crippen molar-refractivity contribution >= 4 is 23.6 Å². The molecule has 25 N–H and O–H groups in total. The Morgan fingerprint density at radius 3 is 1.12 bits per heavy atom. The van der Waals surface area contributed by atoms with Crippen molar-refractivity contribution < 1.29 is 197 Å². The normalized spacial score (nSPS) is 48.3. The highest BCUT2D eigenvalue weighted by molar-refractivity contribution is 5.74. The molecule has 8 aliphatic heterocycles. The van der Waals surface area contributed by atoms with E-state index in [1.807, 2.05) is 0 Å². The lowest BCUT2D eigenvalue weighted by Gasteiger charge is -2.51. The Kier molecular flexibility index (Phi) is 29.1. The number of aliphatic hydroxyl groups is 21. The van der Waals surface area contributed by atoms with Gasteiger partial charge in [-0.15, -0.1) is 0 Å². The summed E-state index contributed by atoms with van der Waals surface area (Å²) < 4.78 is 89.4. The molecule has 8 fully saturated rings. The van der Waals surface area contributed by atoms with Crippen molar-refractivity contribution in [2.45, 2.75) is 267 Å². The van der Waals surface area contributed by atoms with E-state index < -0.39 is 316 Å². The van der Waals surface area contributed by atoms with Gasteiger partial charge in [0.15, 0.2) is 50.3 Å². The fourth-order valence-corrected chi connectivity index (χ4v) is 12.7. The second-order valence-corrected chi connectivity index (χ2v) is 24.9. The highest BCUT2D eigenvalue weighted by Gasteiger charge is 2.60. The van der Waals surface area contributed by atoms with Gasteiger partial charge < -0.3 is 200 Å². The monoisotopic (exact) mass is 1450 g/mol. The quantitative estimate of drug-likeness (QED) is 0.0404. The van der Waals surface area contributed by atoms with Crippen molar-refractivity contribution in [3.05, 3.63) is 0 Å². The van der Waals surface area contributed by atoms with E-state index in [9.17, 15) is 126 Å². The summed E-state index contributed by atoms with van der Waals surface area (Å²) in [5.74, 6) is -3.37. The van der Waals surface area contributed by atoms with Crippen LogP contribution in [0.4, 0.5) is 0 Å². The molecule has 8 heterocycles. The number of hydrogen-bond donors (Lipinski definition) is 25. The Hall–Kier alpha value is -3.56. The van der Waals surface area contributed by atoms with E-state index in [-0.39, 0.29) is 0 Å². The number of nitrogens with one attached hydrogen (secondary N) is 4. The summed E-state index contributed by atoms with van der Waals surface area (Å²) in [5.41, 5.74) is 0. The van der Waals surface area contributed by atoms with Gasteiger partial charge in [-0.25, -0.2) is 0 Å². The number of rotatable bonds is 25. The second kappa shape index (κ2) is 35.5. The largest absolute Gasteiger partial charge is 0.394 e. The number of ether oxygens (including phenoxy) is 15. The minimum absolute atomic E-state index is 0.770. The van der Waals surface area contributed by atoms with Crippen LogP contribution in [0.1, 0.15) is 27.7 Å². The van der Waals surface area contributed by atoms with E-state index in [0.29, 0.717) is 0 Å². The lowest BCUT2D eigenvalue weighted by atomic mass is 9.93. The third kappa shape index (κ3) is 18.2. The van der Waals surface area contributed by atoms with Crippen molar-refractivity contribution in [2.24, 2.45) is 0 Å². The molecule has 0 bridgehead atoms. The standard InChI is InChI=1S/C55H92N4O40/c1-13(66)56-25-35(77)42(21(8-63)87-48(25)84)94-50-27(58-15(3)68)37(79)44(23(10-65)91-50)96-55-47(99-52-40(82)29(71)17(70)11-85-52)45(97-53-41(83)38(80)31(73)19(6-61)89-53)33(75)24(93-55)12-86-54-46(39(81)32(74)20(7-62)90-54)98-51-28(59-16(4)69)36(78)43(22(9-64)92-51)95-49-26(57-14(2)67)34(76)30(72)18(5-60)88-49/h17-55,60-65,70-84H,5-12H2,1-4H3,(H,56,66)(H,57,67)(H,58,68)(H,59,69)/t17-,18-,19-,20-,21-,22-,23-,24-,25-,26-,27-,28-,29+,30+,31-,32-,33-,34-,35-,36-,37-,38+,39+,40-,41+,42-,43-,44-,45+,46+,47+,48-,49+,50+,51+,52+,53-,54+,55+/m1/s1. The Bertz CT molecular complexity index is 2580. The van der Waals surface area contributed by atoms with Crippen LogP contribution in [0.3, 0.4) is 0 Å². The summed E-state index contributed by atoms with van der Waals surface area (Å²) in [4.78, 5) is 50.2. The molecular formula is C55H92N4O40. The molecule has 0 spiro atoms. The van der Waals surface area contributed by atoms with Crippen molar-refractivity contribution in [1.29, 1.82) is 0 Å². The molecule has 39 atom stereocenters. The zero-order valence-electron chi connectivity index (χ0n) is 53.3. The molecule has 44 heteroatoms. The van der Waals surface area contributed by atoms with Crippen LogP contribution in [0.2, 0.25) is 0 Å². The first-order valence-electron chi connectivity index (χ1n) is 31.5. The van der Waals surface area contributed by atoms with Crippen molar-refractivity contribution in [3.63, 3.8) is 0 Å². The Morgan fingerprint density at radius 1 is 0.303 bits per heavy atom. The first-order chi connectivity index (χ1) is 46.8. The van der Waals surface area contributed by atoms with Gasteiger partial charge >= 0.3 is 0 Å². The predicted molar refractivity (Wildman–Crippen MR) is 305 cm³/mol. The molecule has 572 valence electrons. The third-order valence-electron chi connectivity index (χ3n) is 17.9. The summed E-state index contributed by atoms with van der Waals surface area (Å²) in [6.07, 6.45) is -71.0. The van der Waals surface area contributed by atoms with Gasteiger partial charge in [0.05, 0.1) is 52.9 Å². The number of carbonyl (C=O) groups is 4. The van der Waals surface area contributed by atoms with E-state index in [0.717, 1.165) is 27.7 Å². The minimum Gasteiger partial charge on any atom is -0.394 e. The first-order valence-corrected chi connectivity index (χ1v) is 31.5. The number of aliphatic hydroxyl groups excluding tert-OH is 21. The first kappa shape index (κ1) is 81.1. The van der Waals surface area contributed by atoms with Crippen LogP contribution in [-0.2, 0) is 90.2 Å². The molecule has 8 aliphatic rings. The zero-order chi connectivity index (χ0) is 72.9. The van der Waals surface area contributed by atoms with Gasteiger partial charge in [-0.1, -0.05) is 0 Å². The SMILES string of the molecule is CC(=O)N[C@@H]1[C@@H](O)[C@H](O[C@@H]2O[C@H](CO)[C@@H](O[C@@H]3O[C@H](CO[C@H]4O[C@H](CO)[C@@H](O)[C@H](O)[C@@H]4O[C@@H]4O[C@H](CO)[C@@H](O[C@@H]5O[C@H](CO)[C@H](O)[C@H](O)[C@H]5NC(C)=O)[C@H](O)[C@H]4NC(C)=O)[C@@H](O)[C@H](O[C@H]4O[C@H](CO)[C@@H](O)[C@H](O)[C@@H]4O)[C@@H]3O[C@@H]3OC[C@@H](O)[C@H](O)[C@H]3O)[C@H](O)[C@H]2NC(C)=O)[C@@H](CO)O[C@H]1O. The molecule has 99 heavy (non-hydrogen) atoms. The molecule has 0 aromatic carbocycles. The van der Waals surface area contributed by atoms with E-state index in [2.05, 4.69) is 21.3 Å². The fourth-order valence-electron chi connectivity index (χ4n) is 12.7. The summed E-state index contributed by atoms with van der Waals surface area (Å²) in [7, 11) is 0. The van der Waals surface area contributed by atoms with Gasteiger partial charge in [-0.2, -0.15) is 0 Å². The van der Waals surface area contributed by atoms with Gasteiger partial charge in [0.1, 0.15) is 189 Å². The maximum Gasteiger partial charge on any atom is 0.217 e. The average molecular weight is 1450 g/mol. The Balaban J connectivity index is 1.15. The minimum atomic E-state index is -2.38. The van der Waals surface area contributed by atoms with Gasteiger partial charge in [-0.3, -0.25) is 19.2 Å². The molecule has 4 amide bonds. The molecule has 8 rings (SSSR count). The van der Waals surface area contributed by atoms with Crippen LogP contribution in [0, 0.1) is 0 Å². The number of amides is 4. The number of carbonyl (C=O) groups excluding carboxylic acids is 4. The summed E-state index contributed by atoms with van der Waals surface area (Å²) in [6, 6.07) is -7.01. The molecule has 44 nitrogen and oxygen atoms in total. The predicted octanol–water partition coefficient (Wildman–Crippen LogP) is -17.2. The zero-order valence-corrected chi connectivity index (χ0v) is 53.3. The summed E-state index contributed by atoms with van der Waals surface area (Å²) >= 11 is 0. The van der Waals surface area contributed by atoms with Crippen molar-refractivity contribution in [1.82, 2.24) is 21.3 Å². The van der Waals surface area contributed by atoms with E-state index in [4.69, 9.17) is 71.1 Å². The molecule has 0 radical (unpaired) electrons. The Morgan fingerprint density at radius 2 is 0.646 bits per heavy atom. The number of hydrogen-bond acceptors (Lipinski definition) is 40. The van der Waals surface area contributed by atoms with Gasteiger partial charge in [0.25, 0.3) is 0 Å². The van der Waals surface area contributed by atoms with Crippen LogP contribution in [-0.4, -0.2) is 423 Å². The molecule has 0 aromatic rings. The molecular weight excluding hydrogens is 1360 g/mol. The maximum atomic E-state index is 13.0. The van der Waals surface area contributed by atoms with Gasteiger partial charge in [-0.05, 0) is 0 Å². The fraction of sp³-hybridized carbons (Fsp3) is 0.927.